The van der Waals surface area contributed by atoms with E-state index in [1.807, 2.05) is 24.0 Å². The van der Waals surface area contributed by atoms with Crippen LogP contribution in [0.4, 0.5) is 5.82 Å². The number of β-amino-alcohol motifs (C(OH)–C–C–N with tert-alkyl or cyclic N) is 1. The van der Waals surface area contributed by atoms with Crippen LogP contribution in [0.2, 0.25) is 0 Å². The molecule has 0 radical (unpaired) electrons. The van der Waals surface area contributed by atoms with Crippen molar-refractivity contribution in [1.82, 2.24) is 19.4 Å². The van der Waals surface area contributed by atoms with Gasteiger partial charge in [-0.05, 0) is 24.6 Å². The molecule has 2 aromatic heterocycles. The number of ether oxygens (including phenoxy) is 1. The van der Waals surface area contributed by atoms with Gasteiger partial charge in [-0.15, -0.1) is 0 Å². The second-order valence-electron chi connectivity index (χ2n) is 8.13. The minimum Gasteiger partial charge on any atom is -0.507 e. The summed E-state index contributed by atoms with van der Waals surface area (Å²) < 4.78 is 7.38. The highest BCUT2D eigenvalue weighted by Gasteiger charge is 2.22. The molecule has 9 nitrogen and oxygen atoms in total. The van der Waals surface area contributed by atoms with Crippen LogP contribution >= 0.6 is 0 Å². The van der Waals surface area contributed by atoms with Crippen LogP contribution < -0.4 is 10.5 Å². The number of aromatic nitrogens is 3. The number of phenols is 1. The number of benzene rings is 1. The number of piperazine rings is 1. The van der Waals surface area contributed by atoms with E-state index in [4.69, 9.17) is 9.72 Å². The highest BCUT2D eigenvalue weighted by atomic mass is 16.5. The lowest BCUT2D eigenvalue weighted by Gasteiger charge is -2.34. The van der Waals surface area contributed by atoms with Crippen molar-refractivity contribution in [3.05, 3.63) is 46.9 Å². The first-order valence-corrected chi connectivity index (χ1v) is 11.5. The lowest BCUT2D eigenvalue weighted by atomic mass is 10.1. The zero-order valence-corrected chi connectivity index (χ0v) is 19.0. The maximum Gasteiger partial charge on any atom is 0.294 e. The van der Waals surface area contributed by atoms with Crippen molar-refractivity contribution in [3.8, 4) is 17.0 Å². The van der Waals surface area contributed by atoms with Gasteiger partial charge in [0, 0.05) is 51.4 Å². The molecule has 3 aromatic rings. The van der Waals surface area contributed by atoms with Crippen LogP contribution in [-0.2, 0) is 11.3 Å². The number of anilines is 1. The fourth-order valence-electron chi connectivity index (χ4n) is 4.12. The summed E-state index contributed by atoms with van der Waals surface area (Å²) in [6, 6.07) is 8.82. The van der Waals surface area contributed by atoms with Crippen molar-refractivity contribution in [3.63, 3.8) is 0 Å². The first kappa shape index (κ1) is 23.2. The summed E-state index contributed by atoms with van der Waals surface area (Å²) in [6.45, 7) is 7.15. The fourth-order valence-corrected chi connectivity index (χ4v) is 4.12. The Morgan fingerprint density at radius 3 is 2.61 bits per heavy atom. The van der Waals surface area contributed by atoms with Crippen LogP contribution in [0, 0.1) is 0 Å². The molecule has 2 N–H and O–H groups in total. The monoisotopic (exact) mass is 453 g/mol. The van der Waals surface area contributed by atoms with Gasteiger partial charge in [0.1, 0.15) is 11.3 Å². The van der Waals surface area contributed by atoms with E-state index in [0.717, 1.165) is 19.5 Å². The number of para-hydroxylation sites is 1. The third kappa shape index (κ3) is 5.16. The normalized spacial score (nSPS) is 14.8. The highest BCUT2D eigenvalue weighted by Crippen LogP contribution is 2.29. The van der Waals surface area contributed by atoms with Gasteiger partial charge in [-0.3, -0.25) is 14.7 Å². The molecule has 0 spiro atoms. The van der Waals surface area contributed by atoms with Gasteiger partial charge in [-0.2, -0.15) is 0 Å². The van der Waals surface area contributed by atoms with Gasteiger partial charge in [-0.25, -0.2) is 4.98 Å². The van der Waals surface area contributed by atoms with Crippen LogP contribution in [0.5, 0.6) is 5.75 Å². The number of aliphatic hydroxyl groups excluding tert-OH is 1. The molecule has 0 atom stereocenters. The van der Waals surface area contributed by atoms with Crippen LogP contribution in [0.1, 0.15) is 13.3 Å². The zero-order chi connectivity index (χ0) is 23.2. The van der Waals surface area contributed by atoms with Crippen molar-refractivity contribution < 1.29 is 14.9 Å². The van der Waals surface area contributed by atoms with E-state index in [1.165, 1.54) is 0 Å². The molecule has 1 saturated heterocycles. The Kier molecular flexibility index (Phi) is 7.54. The van der Waals surface area contributed by atoms with E-state index >= 15 is 0 Å². The molecule has 0 aliphatic carbocycles. The molecule has 1 aliphatic rings. The lowest BCUT2D eigenvalue weighted by molar-refractivity contribution is 0.127. The number of aliphatic hydroxyl groups is 1. The topological polar surface area (TPSA) is 104 Å². The summed E-state index contributed by atoms with van der Waals surface area (Å²) in [5.74, 6) is 0.550. The Bertz CT molecular complexity index is 1140. The molecule has 1 aromatic carbocycles. The van der Waals surface area contributed by atoms with Crippen LogP contribution in [-0.4, -0.2) is 82.2 Å². The first-order valence-electron chi connectivity index (χ1n) is 11.5. The van der Waals surface area contributed by atoms with E-state index in [0.29, 0.717) is 67.5 Å². The number of nitrogens with zero attached hydrogens (tertiary/aromatic N) is 5. The SMILES string of the molecule is CCCOCCn1c(=O)c(N2CCN(CCO)CC2)nc2cnc(-c3ccccc3O)cc21. The second kappa shape index (κ2) is 10.7. The van der Waals surface area contributed by atoms with Gasteiger partial charge < -0.3 is 24.4 Å². The molecule has 4 rings (SSSR count). The molecule has 176 valence electrons. The zero-order valence-electron chi connectivity index (χ0n) is 19.0. The van der Waals surface area contributed by atoms with Crippen molar-refractivity contribution in [2.75, 3.05) is 57.4 Å². The van der Waals surface area contributed by atoms with E-state index in [9.17, 15) is 15.0 Å². The Labute approximate surface area is 192 Å². The fraction of sp³-hybridized carbons (Fsp3) is 0.458. The summed E-state index contributed by atoms with van der Waals surface area (Å²) >= 11 is 0. The average molecular weight is 454 g/mol. The van der Waals surface area contributed by atoms with Crippen LogP contribution in [0.15, 0.2) is 41.3 Å². The predicted octanol–water partition coefficient (Wildman–Crippen LogP) is 1.71. The molecule has 0 unspecified atom stereocenters. The molecule has 1 aliphatic heterocycles. The van der Waals surface area contributed by atoms with E-state index in [2.05, 4.69) is 9.88 Å². The van der Waals surface area contributed by atoms with Crippen molar-refractivity contribution in [2.45, 2.75) is 19.9 Å². The van der Waals surface area contributed by atoms with E-state index in [-0.39, 0.29) is 17.9 Å². The van der Waals surface area contributed by atoms with Gasteiger partial charge >= 0.3 is 0 Å². The van der Waals surface area contributed by atoms with Gasteiger partial charge in [0.05, 0.1) is 30.6 Å². The maximum atomic E-state index is 13.5. The molecule has 1 fully saturated rings. The van der Waals surface area contributed by atoms with E-state index < -0.39 is 0 Å². The number of phenolic OH excluding ortho intramolecular Hbond substituents is 1. The first-order chi connectivity index (χ1) is 16.1. The lowest BCUT2D eigenvalue weighted by Crippen LogP contribution is -2.49. The number of aromatic hydroxyl groups is 1. The number of pyridine rings is 1. The average Bonchev–Trinajstić information content (AvgIpc) is 2.83. The third-order valence-corrected chi connectivity index (χ3v) is 5.89. The molecule has 3 heterocycles. The number of hydrogen-bond donors (Lipinski definition) is 2. The Hall–Kier alpha value is -3.01. The summed E-state index contributed by atoms with van der Waals surface area (Å²) in [4.78, 5) is 26.9. The number of rotatable bonds is 9. The summed E-state index contributed by atoms with van der Waals surface area (Å²) in [5.41, 5.74) is 2.31. The highest BCUT2D eigenvalue weighted by molar-refractivity contribution is 5.81. The van der Waals surface area contributed by atoms with E-state index in [1.54, 1.807) is 29.0 Å². The standard InChI is InChI=1S/C24H31N5O4/c1-2-14-33-15-12-29-21-16-19(18-5-3-4-6-22(18)31)25-17-20(21)26-23(24(29)32)28-9-7-27(8-10-28)11-13-30/h3-6,16-17,30-31H,2,7-15H2,1H3. The van der Waals surface area contributed by atoms with Gasteiger partial charge in [-0.1, -0.05) is 19.1 Å². The minimum atomic E-state index is -0.160. The molecule has 0 bridgehead atoms. The van der Waals surface area contributed by atoms with Crippen LogP contribution in [0.3, 0.4) is 0 Å². The molecular weight excluding hydrogens is 422 g/mol. The largest absolute Gasteiger partial charge is 0.507 e. The number of fused-ring (bicyclic) bond motifs is 1. The molecule has 33 heavy (non-hydrogen) atoms. The minimum absolute atomic E-state index is 0.129. The van der Waals surface area contributed by atoms with Crippen molar-refractivity contribution in [2.24, 2.45) is 0 Å². The van der Waals surface area contributed by atoms with Gasteiger partial charge in [0.2, 0.25) is 0 Å². The third-order valence-electron chi connectivity index (χ3n) is 5.89. The predicted molar refractivity (Wildman–Crippen MR) is 128 cm³/mol. The van der Waals surface area contributed by atoms with Gasteiger partial charge in [0.25, 0.3) is 5.56 Å². The quantitative estimate of drug-likeness (QED) is 0.472. The molecule has 0 amide bonds. The second-order valence-corrected chi connectivity index (χ2v) is 8.13. The summed E-state index contributed by atoms with van der Waals surface area (Å²) in [5, 5.41) is 19.5. The van der Waals surface area contributed by atoms with Crippen LogP contribution in [0.25, 0.3) is 22.3 Å². The maximum absolute atomic E-state index is 13.5. The summed E-state index contributed by atoms with van der Waals surface area (Å²) in [7, 11) is 0. The number of hydrogen-bond acceptors (Lipinski definition) is 8. The Balaban J connectivity index is 1.73. The Morgan fingerprint density at radius 2 is 1.88 bits per heavy atom. The van der Waals surface area contributed by atoms with Gasteiger partial charge in [0.15, 0.2) is 5.82 Å². The smallest absolute Gasteiger partial charge is 0.294 e. The Morgan fingerprint density at radius 1 is 1.09 bits per heavy atom. The van der Waals surface area contributed by atoms with Crippen molar-refractivity contribution >= 4 is 16.9 Å². The molecule has 0 saturated carbocycles. The molecule has 9 heteroatoms. The molecular formula is C24H31N5O4. The van der Waals surface area contributed by atoms with Crippen molar-refractivity contribution in [1.29, 1.82) is 0 Å². The summed E-state index contributed by atoms with van der Waals surface area (Å²) in [6.07, 6.45) is 2.57.